The molecule has 5 heteroatoms. The van der Waals surface area contributed by atoms with E-state index < -0.39 is 5.97 Å². The second-order valence-electron chi connectivity index (χ2n) is 8.44. The van der Waals surface area contributed by atoms with E-state index in [1.807, 2.05) is 61.5 Å². The van der Waals surface area contributed by atoms with Gasteiger partial charge in [0.25, 0.3) is 0 Å². The van der Waals surface area contributed by atoms with E-state index in [4.69, 9.17) is 4.74 Å². The Hall–Kier alpha value is -4.25. The number of phenols is 1. The van der Waals surface area contributed by atoms with Crippen molar-refractivity contribution in [3.8, 4) is 22.6 Å². The molecule has 0 aliphatic rings. The zero-order valence-electron chi connectivity index (χ0n) is 18.8. The molecule has 1 aromatic heterocycles. The molecule has 0 fully saturated rings. The van der Waals surface area contributed by atoms with Gasteiger partial charge in [-0.2, -0.15) is 0 Å². The lowest BCUT2D eigenvalue weighted by Crippen LogP contribution is -2.04. The Morgan fingerprint density at radius 3 is 2.50 bits per heavy atom. The Morgan fingerprint density at radius 1 is 0.912 bits per heavy atom. The third-order valence-corrected chi connectivity index (χ3v) is 6.23. The predicted molar refractivity (Wildman–Crippen MR) is 135 cm³/mol. The van der Waals surface area contributed by atoms with E-state index in [1.54, 1.807) is 12.1 Å². The Kier molecular flexibility index (Phi) is 5.68. The average Bonchev–Trinajstić information content (AvgIpc) is 3.21. The number of rotatable bonds is 7. The van der Waals surface area contributed by atoms with Gasteiger partial charge in [-0.25, -0.2) is 4.79 Å². The van der Waals surface area contributed by atoms with Gasteiger partial charge in [0.05, 0.1) is 12.1 Å². The van der Waals surface area contributed by atoms with Gasteiger partial charge < -0.3 is 19.9 Å². The van der Waals surface area contributed by atoms with Gasteiger partial charge >= 0.3 is 5.97 Å². The van der Waals surface area contributed by atoms with E-state index >= 15 is 0 Å². The zero-order chi connectivity index (χ0) is 23.7. The molecule has 3 N–H and O–H groups in total. The topological polar surface area (TPSA) is 82.6 Å². The summed E-state index contributed by atoms with van der Waals surface area (Å²) in [5.41, 5.74) is 4.57. The number of H-pyrrole nitrogens is 1. The normalized spacial score (nSPS) is 11.2. The third-order valence-electron chi connectivity index (χ3n) is 6.23. The van der Waals surface area contributed by atoms with Crippen molar-refractivity contribution in [3.63, 3.8) is 0 Å². The summed E-state index contributed by atoms with van der Waals surface area (Å²) < 4.78 is 6.07. The fourth-order valence-electron chi connectivity index (χ4n) is 4.64. The van der Waals surface area contributed by atoms with Gasteiger partial charge in [0.2, 0.25) is 0 Å². The molecule has 0 spiro atoms. The van der Waals surface area contributed by atoms with Crippen LogP contribution in [-0.2, 0) is 6.42 Å². The first-order valence-electron chi connectivity index (χ1n) is 11.3. The lowest BCUT2D eigenvalue weighted by Gasteiger charge is -2.10. The molecule has 0 saturated carbocycles. The molecule has 0 radical (unpaired) electrons. The van der Waals surface area contributed by atoms with Crippen molar-refractivity contribution >= 4 is 27.6 Å². The molecule has 170 valence electrons. The maximum absolute atomic E-state index is 12.1. The molecular weight excluding hydrogens is 426 g/mol. The number of phenolic OH excluding ortho intramolecular Hbond substituents is 1. The van der Waals surface area contributed by atoms with Crippen LogP contribution in [0.3, 0.4) is 0 Å². The summed E-state index contributed by atoms with van der Waals surface area (Å²) in [4.78, 5) is 15.2. The Morgan fingerprint density at radius 2 is 1.68 bits per heavy atom. The maximum Gasteiger partial charge on any atom is 0.352 e. The van der Waals surface area contributed by atoms with E-state index in [9.17, 15) is 15.0 Å². The second kappa shape index (κ2) is 8.94. The van der Waals surface area contributed by atoms with Crippen LogP contribution in [0.5, 0.6) is 11.5 Å². The van der Waals surface area contributed by atoms with E-state index in [0.29, 0.717) is 19.4 Å². The first-order chi connectivity index (χ1) is 16.5. The molecular formula is C29H25NO4. The highest BCUT2D eigenvalue weighted by Gasteiger charge is 2.19. The van der Waals surface area contributed by atoms with Crippen molar-refractivity contribution in [1.29, 1.82) is 0 Å². The van der Waals surface area contributed by atoms with Crippen LogP contribution in [0.4, 0.5) is 0 Å². The summed E-state index contributed by atoms with van der Waals surface area (Å²) in [6.07, 6.45) is 1.25. The van der Waals surface area contributed by atoms with Gasteiger partial charge in [-0.3, -0.25) is 0 Å². The number of aromatic carboxylic acids is 1. The number of carbonyl (C=O) groups is 1. The number of para-hydroxylation sites is 1. The number of benzene rings is 4. The molecule has 4 aromatic carbocycles. The summed E-state index contributed by atoms with van der Waals surface area (Å²) >= 11 is 0. The van der Waals surface area contributed by atoms with E-state index in [-0.39, 0.29) is 11.4 Å². The molecule has 34 heavy (non-hydrogen) atoms. The lowest BCUT2D eigenvalue weighted by molar-refractivity contribution is 0.0690. The summed E-state index contributed by atoms with van der Waals surface area (Å²) in [6.45, 7) is 2.41. The van der Waals surface area contributed by atoms with Crippen LogP contribution >= 0.6 is 0 Å². The number of aromatic hydroxyl groups is 1. The molecule has 0 aliphatic heterocycles. The summed E-state index contributed by atoms with van der Waals surface area (Å²) in [5.74, 6) is 0.0631. The number of nitrogens with one attached hydrogen (secondary N) is 1. The molecule has 0 amide bonds. The van der Waals surface area contributed by atoms with Crippen LogP contribution in [0.2, 0.25) is 0 Å². The molecule has 5 nitrogen and oxygen atoms in total. The highest BCUT2D eigenvalue weighted by Crippen LogP contribution is 2.35. The standard InChI is InChI=1S/C29H25NO4/c1-18-17-20(31)14-15-21(18)23-10-5-11-24-25(28(29(32)33)30-27(23)24)12-6-16-34-26-13-4-8-19-7-2-3-9-22(19)26/h2-5,7-11,13-15,17,30-31H,6,12,16H2,1H3,(H,32,33). The van der Waals surface area contributed by atoms with Crippen LogP contribution < -0.4 is 4.74 Å². The molecule has 0 bridgehead atoms. The van der Waals surface area contributed by atoms with Crippen LogP contribution in [-0.4, -0.2) is 27.8 Å². The molecule has 0 atom stereocenters. The van der Waals surface area contributed by atoms with Crippen molar-refractivity contribution in [1.82, 2.24) is 4.98 Å². The average molecular weight is 452 g/mol. The fourth-order valence-corrected chi connectivity index (χ4v) is 4.64. The molecule has 0 saturated heterocycles. The molecule has 5 aromatic rings. The molecule has 0 aliphatic carbocycles. The number of carboxylic acid groups (broad SMARTS) is 1. The van der Waals surface area contributed by atoms with Crippen molar-refractivity contribution in [3.05, 3.63) is 95.7 Å². The number of ether oxygens (including phenoxy) is 1. The largest absolute Gasteiger partial charge is 0.508 e. The number of aromatic nitrogens is 1. The minimum atomic E-state index is -0.977. The Bertz CT molecular complexity index is 1510. The fraction of sp³-hybridized carbons (Fsp3) is 0.138. The highest BCUT2D eigenvalue weighted by molar-refractivity contribution is 6.03. The van der Waals surface area contributed by atoms with E-state index in [2.05, 4.69) is 17.1 Å². The van der Waals surface area contributed by atoms with Gasteiger partial charge in [0.1, 0.15) is 17.2 Å². The SMILES string of the molecule is Cc1cc(O)ccc1-c1cccc2c(CCCOc3cccc4ccccc34)c(C(=O)O)[nH]c12. The Labute approximate surface area is 197 Å². The monoisotopic (exact) mass is 451 g/mol. The van der Waals surface area contributed by atoms with Crippen LogP contribution in [0.15, 0.2) is 78.9 Å². The lowest BCUT2D eigenvalue weighted by atomic mass is 9.97. The minimum Gasteiger partial charge on any atom is -0.508 e. The number of aromatic amines is 1. The van der Waals surface area contributed by atoms with Gasteiger partial charge in [0.15, 0.2) is 0 Å². The van der Waals surface area contributed by atoms with Crippen LogP contribution in [0.25, 0.3) is 32.8 Å². The predicted octanol–water partition coefficient (Wildman–Crippen LogP) is 6.71. The van der Waals surface area contributed by atoms with Gasteiger partial charge in [-0.1, -0.05) is 60.7 Å². The number of hydrogen-bond acceptors (Lipinski definition) is 3. The van der Waals surface area contributed by atoms with Gasteiger partial charge in [0, 0.05) is 16.3 Å². The number of hydrogen-bond donors (Lipinski definition) is 3. The minimum absolute atomic E-state index is 0.206. The van der Waals surface area contributed by atoms with Crippen molar-refractivity contribution in [2.24, 2.45) is 0 Å². The van der Waals surface area contributed by atoms with Crippen molar-refractivity contribution < 1.29 is 19.7 Å². The molecule has 0 unspecified atom stereocenters. The maximum atomic E-state index is 12.1. The second-order valence-corrected chi connectivity index (χ2v) is 8.44. The van der Waals surface area contributed by atoms with Crippen LogP contribution in [0.1, 0.15) is 28.0 Å². The smallest absolute Gasteiger partial charge is 0.352 e. The first-order valence-corrected chi connectivity index (χ1v) is 11.3. The van der Waals surface area contributed by atoms with Crippen LogP contribution in [0, 0.1) is 6.92 Å². The molecule has 5 rings (SSSR count). The van der Waals surface area contributed by atoms with Gasteiger partial charge in [-0.05, 0) is 60.0 Å². The first kappa shape index (κ1) is 21.6. The number of aryl methyl sites for hydroxylation is 2. The van der Waals surface area contributed by atoms with Gasteiger partial charge in [-0.15, -0.1) is 0 Å². The highest BCUT2D eigenvalue weighted by atomic mass is 16.5. The van der Waals surface area contributed by atoms with E-state index in [0.717, 1.165) is 49.7 Å². The number of carboxylic acids is 1. The van der Waals surface area contributed by atoms with E-state index in [1.165, 1.54) is 0 Å². The quantitative estimate of drug-likeness (QED) is 0.240. The summed E-state index contributed by atoms with van der Waals surface area (Å²) in [5, 5.41) is 22.7. The number of fused-ring (bicyclic) bond motifs is 2. The van der Waals surface area contributed by atoms with Crippen molar-refractivity contribution in [2.75, 3.05) is 6.61 Å². The van der Waals surface area contributed by atoms with Crippen molar-refractivity contribution in [2.45, 2.75) is 19.8 Å². The molecule has 1 heterocycles. The third kappa shape index (κ3) is 3.97. The Balaban J connectivity index is 1.42. The summed E-state index contributed by atoms with van der Waals surface area (Å²) in [7, 11) is 0. The summed E-state index contributed by atoms with van der Waals surface area (Å²) in [6, 6.07) is 25.2. The zero-order valence-corrected chi connectivity index (χ0v) is 18.8.